The predicted octanol–water partition coefficient (Wildman–Crippen LogP) is 9.85. The topological polar surface area (TPSA) is 170 Å². The number of pyridine rings is 3. The number of likely N-dealkylation sites (tertiary alicyclic amines) is 2. The number of hydrogen-bond donors (Lipinski definition) is 0. The van der Waals surface area contributed by atoms with Gasteiger partial charge in [-0.2, -0.15) is 36.2 Å². The molecule has 15 nitrogen and oxygen atoms in total. The summed E-state index contributed by atoms with van der Waals surface area (Å²) >= 11 is 8.74. The number of rotatable bonds is 11. The van der Waals surface area contributed by atoms with Gasteiger partial charge >= 0.3 is 0 Å². The van der Waals surface area contributed by atoms with E-state index < -0.39 is 5.82 Å². The van der Waals surface area contributed by atoms with Gasteiger partial charge in [0.2, 0.25) is 0 Å². The van der Waals surface area contributed by atoms with E-state index in [1.807, 2.05) is 36.9 Å². The molecule has 0 aliphatic carbocycles. The van der Waals surface area contributed by atoms with Crippen LogP contribution in [0.15, 0.2) is 87.1 Å². The molecule has 0 unspecified atom stereocenters. The van der Waals surface area contributed by atoms with Gasteiger partial charge in [0.1, 0.15) is 46.8 Å². The first-order chi connectivity index (χ1) is 33.4. The number of nitriles is 3. The lowest BCUT2D eigenvalue weighted by Gasteiger charge is -2.29. The first kappa shape index (κ1) is 46.0. The van der Waals surface area contributed by atoms with Crippen LogP contribution in [0.1, 0.15) is 77.2 Å². The van der Waals surface area contributed by atoms with E-state index in [0.29, 0.717) is 59.3 Å². The van der Waals surface area contributed by atoms with Crippen molar-refractivity contribution in [2.75, 3.05) is 40.3 Å². The highest BCUT2D eigenvalue weighted by atomic mass is 35.5. The molecule has 0 spiro atoms. The number of aryl methyl sites for hydroxylation is 1. The minimum atomic E-state index is -0.625. The maximum absolute atomic E-state index is 16.3. The van der Waals surface area contributed by atoms with E-state index in [0.717, 1.165) is 97.3 Å². The monoisotopic (exact) mass is 976 g/mol. The van der Waals surface area contributed by atoms with E-state index >= 15 is 4.39 Å². The Balaban J connectivity index is 0.961. The van der Waals surface area contributed by atoms with Gasteiger partial charge in [0, 0.05) is 71.8 Å². The maximum atomic E-state index is 16.3. The number of aromatic nitrogens is 9. The Morgan fingerprint density at radius 1 is 0.710 bits per heavy atom. The molecule has 0 radical (unpaired) electrons. The van der Waals surface area contributed by atoms with Crippen molar-refractivity contribution in [3.05, 3.63) is 118 Å². The third-order valence-electron chi connectivity index (χ3n) is 13.3. The van der Waals surface area contributed by atoms with Gasteiger partial charge in [-0.15, -0.1) is 0 Å². The molecule has 7 aromatic heterocycles. The number of hydrogen-bond acceptors (Lipinski definition) is 13. The number of nitrogens with zero attached hydrogens (tertiary/aromatic N) is 14. The zero-order valence-corrected chi connectivity index (χ0v) is 41.0. The van der Waals surface area contributed by atoms with Gasteiger partial charge in [-0.3, -0.25) is 9.36 Å². The first-order valence-corrected chi connectivity index (χ1v) is 24.6. The molecule has 0 bridgehead atoms. The van der Waals surface area contributed by atoms with Crippen LogP contribution in [0.5, 0.6) is 5.75 Å². The minimum absolute atomic E-state index is 0.0933. The molecule has 2 aliphatic rings. The second-order valence-electron chi connectivity index (χ2n) is 17.7. The molecule has 0 N–H and O–H groups in total. The smallest absolute Gasteiger partial charge is 0.159 e. The summed E-state index contributed by atoms with van der Waals surface area (Å²) in [6.45, 7) is 9.70. The lowest BCUT2D eigenvalue weighted by molar-refractivity contribution is 0.210. The summed E-state index contributed by atoms with van der Waals surface area (Å²) in [6.07, 6.45) is 13.0. The van der Waals surface area contributed by atoms with Crippen molar-refractivity contribution in [1.29, 1.82) is 15.8 Å². The fraction of sp³-hybridized carbons (Fsp3) is 0.320. The summed E-state index contributed by atoms with van der Waals surface area (Å²) < 4.78 is 30.1. The van der Waals surface area contributed by atoms with Crippen LogP contribution >= 0.6 is 35.1 Å². The number of ether oxygens (including phenoxy) is 1. The second kappa shape index (κ2) is 19.0. The van der Waals surface area contributed by atoms with Crippen molar-refractivity contribution in [1.82, 2.24) is 53.6 Å². The van der Waals surface area contributed by atoms with E-state index in [1.165, 1.54) is 24.0 Å². The molecule has 10 rings (SSSR count). The lowest BCUT2D eigenvalue weighted by Crippen LogP contribution is -2.32. The molecule has 9 heterocycles. The summed E-state index contributed by atoms with van der Waals surface area (Å²) in [4.78, 5) is 11.3. The molecule has 1 aromatic carbocycles. The third kappa shape index (κ3) is 8.82. The van der Waals surface area contributed by atoms with Crippen molar-refractivity contribution in [3.63, 3.8) is 0 Å². The van der Waals surface area contributed by atoms with Gasteiger partial charge in [-0.1, -0.05) is 35.1 Å². The predicted molar refractivity (Wildman–Crippen MR) is 261 cm³/mol. The zero-order chi connectivity index (χ0) is 48.1. The van der Waals surface area contributed by atoms with Crippen LogP contribution in [-0.4, -0.2) is 93.8 Å². The van der Waals surface area contributed by atoms with Crippen molar-refractivity contribution in [3.8, 4) is 46.2 Å². The van der Waals surface area contributed by atoms with Gasteiger partial charge in [-0.25, -0.2) is 18.4 Å². The van der Waals surface area contributed by atoms with E-state index in [4.69, 9.17) is 31.6 Å². The molecular formula is C50H46ClFN14OS2. The Morgan fingerprint density at radius 2 is 1.30 bits per heavy atom. The van der Waals surface area contributed by atoms with Crippen LogP contribution in [0.4, 0.5) is 4.39 Å². The molecule has 348 valence electrons. The Labute approximate surface area is 411 Å². The molecule has 0 saturated carbocycles. The SMILES string of the molecule is Cc1nc(Sc2cc(-c3cnn(C4CCN(C)CC4)c3C)cn3ncc(C#N)c23)c(F)cc1OCc1nn2cc(-c3cnn(C4CCN(C)CC4)c3C)cc(Sc3ccc(Cl)cc3C#N)c2c1C#N. The lowest BCUT2D eigenvalue weighted by atomic mass is 10.0. The molecule has 69 heavy (non-hydrogen) atoms. The van der Waals surface area contributed by atoms with Crippen molar-refractivity contribution in [2.24, 2.45) is 0 Å². The quantitative estimate of drug-likeness (QED) is 0.120. The molecular weight excluding hydrogens is 931 g/mol. The van der Waals surface area contributed by atoms with Crippen LogP contribution in [0.2, 0.25) is 5.02 Å². The number of fused-ring (bicyclic) bond motifs is 2. The summed E-state index contributed by atoms with van der Waals surface area (Å²) in [5.74, 6) is -0.442. The second-order valence-corrected chi connectivity index (χ2v) is 20.3. The number of halogens is 2. The van der Waals surface area contributed by atoms with Gasteiger partial charge in [0.05, 0.1) is 58.5 Å². The van der Waals surface area contributed by atoms with Crippen molar-refractivity contribution in [2.45, 2.75) is 84.9 Å². The first-order valence-electron chi connectivity index (χ1n) is 22.6. The molecule has 2 aliphatic heterocycles. The molecule has 0 amide bonds. The van der Waals surface area contributed by atoms with E-state index in [1.54, 1.807) is 34.2 Å². The highest BCUT2D eigenvalue weighted by Gasteiger charge is 2.27. The van der Waals surface area contributed by atoms with E-state index in [2.05, 4.69) is 75.4 Å². The Hall–Kier alpha value is -6.72. The summed E-state index contributed by atoms with van der Waals surface area (Å²) in [5.41, 5.74) is 8.42. The Morgan fingerprint density at radius 3 is 1.90 bits per heavy atom. The van der Waals surface area contributed by atoms with E-state index in [-0.39, 0.29) is 29.0 Å². The van der Waals surface area contributed by atoms with Gasteiger partial charge in [-0.05, 0) is 117 Å². The average molecular weight is 978 g/mol. The number of piperidine rings is 2. The van der Waals surface area contributed by atoms with Crippen molar-refractivity contribution >= 4 is 46.2 Å². The van der Waals surface area contributed by atoms with Crippen LogP contribution in [0, 0.1) is 60.6 Å². The summed E-state index contributed by atoms with van der Waals surface area (Å²) in [5, 5.41) is 50.4. The molecule has 8 aromatic rings. The fourth-order valence-electron chi connectivity index (χ4n) is 9.46. The molecule has 19 heteroatoms. The van der Waals surface area contributed by atoms with Crippen LogP contribution in [0.25, 0.3) is 33.3 Å². The van der Waals surface area contributed by atoms with Gasteiger partial charge in [0.25, 0.3) is 0 Å². The summed E-state index contributed by atoms with van der Waals surface area (Å²) in [7, 11) is 4.27. The zero-order valence-electron chi connectivity index (χ0n) is 38.6. The average Bonchev–Trinajstić information content (AvgIpc) is 4.14. The summed E-state index contributed by atoms with van der Waals surface area (Å²) in [6, 6.07) is 17.8. The largest absolute Gasteiger partial charge is 0.485 e. The van der Waals surface area contributed by atoms with Crippen LogP contribution < -0.4 is 4.74 Å². The normalized spacial score (nSPS) is 15.2. The standard InChI is InChI=1S/C50H46ClFN14OS2/c1-29-44(19-42(52)50(59-29)69-46-17-33(26-63-48(46)35(21-54)23-56-63)40-24-57-65(30(40)2)37-8-12-61(4)13-9-37)67-28-43-39(22-55)49-47(68-45-7-6-36(51)16-32(45)20-53)18-34(27-64(49)60-43)41-25-58-66(31(41)3)38-10-14-62(5)15-11-38/h6-7,16-19,23-27,37-38H,8-15,28H2,1-5H3. The van der Waals surface area contributed by atoms with Gasteiger partial charge < -0.3 is 14.5 Å². The highest BCUT2D eigenvalue weighted by molar-refractivity contribution is 7.99. The van der Waals surface area contributed by atoms with E-state index in [9.17, 15) is 15.8 Å². The Bertz CT molecular complexity index is 3430. The maximum Gasteiger partial charge on any atom is 0.159 e. The highest BCUT2D eigenvalue weighted by Crippen LogP contribution is 2.41. The minimum Gasteiger partial charge on any atom is -0.485 e. The molecule has 2 saturated heterocycles. The molecule has 0 atom stereocenters. The van der Waals surface area contributed by atoms with Crippen LogP contribution in [-0.2, 0) is 6.61 Å². The van der Waals surface area contributed by atoms with Crippen LogP contribution in [0.3, 0.4) is 0 Å². The molecule has 2 fully saturated rings. The van der Waals surface area contributed by atoms with Gasteiger partial charge in [0.15, 0.2) is 5.82 Å². The van der Waals surface area contributed by atoms with Crippen molar-refractivity contribution < 1.29 is 9.13 Å². The Kier molecular flexibility index (Phi) is 12.7. The third-order valence-corrected chi connectivity index (χ3v) is 15.6. The fourth-order valence-corrected chi connectivity index (χ4v) is 11.7. The number of benzene rings is 1.